The van der Waals surface area contributed by atoms with E-state index in [1.807, 2.05) is 4.90 Å². The van der Waals surface area contributed by atoms with Gasteiger partial charge in [-0.3, -0.25) is 4.79 Å². The third-order valence-electron chi connectivity index (χ3n) is 4.26. The maximum Gasteiger partial charge on any atom is 0.487 e. The molecule has 31 heavy (non-hydrogen) atoms. The van der Waals surface area contributed by atoms with Crippen molar-refractivity contribution in [2.75, 3.05) is 25.5 Å². The zero-order valence-electron chi connectivity index (χ0n) is 17.0. The van der Waals surface area contributed by atoms with Crippen molar-refractivity contribution in [3.05, 3.63) is 36.2 Å². The van der Waals surface area contributed by atoms with Crippen LogP contribution in [0.15, 0.2) is 51.4 Å². The van der Waals surface area contributed by atoms with Crippen LogP contribution in [0.4, 0.5) is 14.5 Å². The third kappa shape index (κ3) is 7.95. The maximum atomic E-state index is 12.8. The Morgan fingerprint density at radius 1 is 1.45 bits per heavy atom. The molecule has 0 spiro atoms. The van der Waals surface area contributed by atoms with Crippen LogP contribution in [0.25, 0.3) is 0 Å². The first-order chi connectivity index (χ1) is 14.6. The van der Waals surface area contributed by atoms with Gasteiger partial charge in [-0.1, -0.05) is 0 Å². The monoisotopic (exact) mass is 456 g/mol. The van der Waals surface area contributed by atoms with E-state index in [1.54, 1.807) is 14.0 Å². The number of carbonyl (C=O) groups excluding carboxylic acids is 1. The summed E-state index contributed by atoms with van der Waals surface area (Å²) in [5.41, 5.74) is -3.38. The number of aliphatic imine (C=N–C) groups is 1. The third-order valence-corrected chi connectivity index (χ3v) is 4.34. The van der Waals surface area contributed by atoms with Crippen molar-refractivity contribution in [2.24, 2.45) is 15.2 Å². The van der Waals surface area contributed by atoms with Gasteiger partial charge in [0.2, 0.25) is 0 Å². The molecule has 1 fully saturated rings. The number of hydrogen-bond donors (Lipinski definition) is 2. The molecule has 0 aromatic heterocycles. The molecule has 168 valence electrons. The number of ether oxygens (including phenoxy) is 1. The minimum atomic E-state index is -3.83. The molecule has 1 heterocycles. The molecular weight excluding hydrogens is 434 g/mol. The molecule has 1 aromatic rings. The lowest BCUT2D eigenvalue weighted by Crippen LogP contribution is -2.28. The van der Waals surface area contributed by atoms with Gasteiger partial charge in [0.05, 0.1) is 12.3 Å². The van der Waals surface area contributed by atoms with Gasteiger partial charge in [0, 0.05) is 44.1 Å². The number of rotatable bonds is 8. The summed E-state index contributed by atoms with van der Waals surface area (Å²) in [4.78, 5) is 20.4. The minimum absolute atomic E-state index is 0.124. The molecule has 9 nitrogen and oxygen atoms in total. The number of carbonyl (C=O) groups is 1. The highest BCUT2D eigenvalue weighted by Gasteiger charge is 2.27. The van der Waals surface area contributed by atoms with E-state index in [1.165, 1.54) is 41.7 Å². The van der Waals surface area contributed by atoms with Crippen LogP contribution in [-0.4, -0.2) is 71.5 Å². The van der Waals surface area contributed by atoms with Crippen molar-refractivity contribution in [3.8, 4) is 5.75 Å². The standard InChI is InChI=1S/C19H23ClF2N6O3/c1-13(28-9-8-15(29)11-28)24-10-17(27(3)12-25-23-2)18(30)26-14-4-6-16(7-5-14)31-19(20,21)22/h4-7,10,12,15,29H,2,8-9,11H2,1,3H3,(H,26,30)/b17-10-,24-13?,25-12-/t15-/m1/s1. The van der Waals surface area contributed by atoms with Gasteiger partial charge < -0.3 is 25.0 Å². The Kier molecular flexibility index (Phi) is 8.46. The summed E-state index contributed by atoms with van der Waals surface area (Å²) < 4.78 is 29.6. The summed E-state index contributed by atoms with van der Waals surface area (Å²) in [6.45, 7) is 6.15. The number of anilines is 1. The molecule has 0 saturated carbocycles. The van der Waals surface area contributed by atoms with Crippen molar-refractivity contribution in [1.82, 2.24) is 9.80 Å². The largest absolute Gasteiger partial charge is 0.487 e. The van der Waals surface area contributed by atoms with E-state index in [-0.39, 0.29) is 11.4 Å². The van der Waals surface area contributed by atoms with E-state index in [4.69, 9.17) is 11.6 Å². The van der Waals surface area contributed by atoms with E-state index in [2.05, 4.69) is 32.0 Å². The number of amidine groups is 1. The van der Waals surface area contributed by atoms with Crippen LogP contribution in [-0.2, 0) is 4.79 Å². The Balaban J connectivity index is 2.18. The SMILES string of the molecule is C=N/N=C\N(C)/C(=C\N=C(C)N1CC[C@@H](O)C1)C(=O)Nc1ccc(OC(F)(F)Cl)cc1. The topological polar surface area (TPSA) is 102 Å². The summed E-state index contributed by atoms with van der Waals surface area (Å²) in [6.07, 6.45) is 2.88. The molecule has 1 atom stereocenters. The molecule has 1 aromatic carbocycles. The molecule has 2 N–H and O–H groups in total. The Morgan fingerprint density at radius 2 is 2.13 bits per heavy atom. The van der Waals surface area contributed by atoms with Crippen molar-refractivity contribution >= 4 is 42.1 Å². The number of likely N-dealkylation sites (N-methyl/N-ethyl adjacent to an activating group) is 1. The van der Waals surface area contributed by atoms with Crippen LogP contribution in [0, 0.1) is 0 Å². The van der Waals surface area contributed by atoms with Gasteiger partial charge in [0.1, 0.15) is 23.6 Å². The summed E-state index contributed by atoms with van der Waals surface area (Å²) in [5.74, 6) is -0.0620. The first-order valence-electron chi connectivity index (χ1n) is 9.16. The zero-order chi connectivity index (χ0) is 23.0. The summed E-state index contributed by atoms with van der Waals surface area (Å²) >= 11 is 4.73. The number of halogens is 3. The van der Waals surface area contributed by atoms with Crippen molar-refractivity contribution < 1.29 is 23.4 Å². The molecule has 0 bridgehead atoms. The number of β-amino-alcohol motifs (C(OH)–C–C–N with tert-alkyl or cyclic N) is 1. The van der Waals surface area contributed by atoms with E-state index in [0.29, 0.717) is 31.0 Å². The van der Waals surface area contributed by atoms with Crippen LogP contribution >= 0.6 is 11.6 Å². The number of hydrogen-bond acceptors (Lipinski definition) is 6. The Bertz CT molecular complexity index is 870. The van der Waals surface area contributed by atoms with Crippen molar-refractivity contribution in [3.63, 3.8) is 0 Å². The van der Waals surface area contributed by atoms with E-state index in [0.717, 1.165) is 0 Å². The minimum Gasteiger partial charge on any atom is -0.420 e. The average Bonchev–Trinajstić information content (AvgIpc) is 3.13. The highest BCUT2D eigenvalue weighted by molar-refractivity contribution is 6.20. The molecule has 0 aliphatic carbocycles. The van der Waals surface area contributed by atoms with Crippen LogP contribution < -0.4 is 10.1 Å². The zero-order valence-corrected chi connectivity index (χ0v) is 17.8. The van der Waals surface area contributed by atoms with E-state index >= 15 is 0 Å². The van der Waals surface area contributed by atoms with Crippen LogP contribution in [0.5, 0.6) is 5.75 Å². The number of benzene rings is 1. The van der Waals surface area contributed by atoms with Crippen molar-refractivity contribution in [2.45, 2.75) is 25.0 Å². The summed E-state index contributed by atoms with van der Waals surface area (Å²) in [5, 5.41) is 19.3. The Morgan fingerprint density at radius 3 is 2.68 bits per heavy atom. The van der Waals surface area contributed by atoms with E-state index < -0.39 is 17.6 Å². The van der Waals surface area contributed by atoms with Crippen LogP contribution in [0.1, 0.15) is 13.3 Å². The molecular formula is C19H23ClF2N6O3. The Labute approximate surface area is 183 Å². The predicted octanol–water partition coefficient (Wildman–Crippen LogP) is 2.70. The summed E-state index contributed by atoms with van der Waals surface area (Å²) in [6, 6.07) is 5.24. The number of amides is 1. The number of alkyl halides is 3. The first-order valence-corrected chi connectivity index (χ1v) is 9.53. The quantitative estimate of drug-likeness (QED) is 0.206. The van der Waals surface area contributed by atoms with Gasteiger partial charge in [-0.25, -0.2) is 4.99 Å². The van der Waals surface area contributed by atoms with Gasteiger partial charge in [-0.05, 0) is 37.6 Å². The second-order valence-corrected chi connectivity index (χ2v) is 7.03. The highest BCUT2D eigenvalue weighted by Crippen LogP contribution is 2.26. The number of nitrogens with zero attached hydrogens (tertiary/aromatic N) is 5. The van der Waals surface area contributed by atoms with E-state index in [9.17, 15) is 18.7 Å². The lowest BCUT2D eigenvalue weighted by molar-refractivity contribution is -0.113. The number of aliphatic hydroxyl groups excluding tert-OH is 1. The molecule has 12 heteroatoms. The second kappa shape index (κ2) is 10.8. The molecule has 2 rings (SSSR count). The fraction of sp³-hybridized carbons (Fsp3) is 0.368. The number of nitrogens with one attached hydrogen (secondary N) is 1. The molecule has 1 aliphatic rings. The fourth-order valence-electron chi connectivity index (χ4n) is 2.69. The lowest BCUT2D eigenvalue weighted by atomic mass is 10.3. The van der Waals surface area contributed by atoms with Gasteiger partial charge in [0.15, 0.2) is 0 Å². The first kappa shape index (κ1) is 24.2. The van der Waals surface area contributed by atoms with Gasteiger partial charge >= 0.3 is 5.57 Å². The predicted molar refractivity (Wildman–Crippen MR) is 116 cm³/mol. The molecule has 0 unspecified atom stereocenters. The summed E-state index contributed by atoms with van der Waals surface area (Å²) in [7, 11) is 1.57. The van der Waals surface area contributed by atoms with Crippen LogP contribution in [0.2, 0.25) is 0 Å². The van der Waals surface area contributed by atoms with Crippen LogP contribution in [0.3, 0.4) is 0 Å². The Hall–Kier alpha value is -3.05. The second-order valence-electron chi connectivity index (χ2n) is 6.59. The molecule has 1 saturated heterocycles. The number of likely N-dealkylation sites (tertiary alicyclic amines) is 1. The molecule has 0 radical (unpaired) electrons. The van der Waals surface area contributed by atoms with Gasteiger partial charge in [-0.2, -0.15) is 5.10 Å². The maximum absolute atomic E-state index is 12.8. The molecule has 1 aliphatic heterocycles. The fourth-order valence-corrected chi connectivity index (χ4v) is 2.78. The average molecular weight is 457 g/mol. The van der Waals surface area contributed by atoms with Crippen molar-refractivity contribution in [1.29, 1.82) is 0 Å². The lowest BCUT2D eigenvalue weighted by Gasteiger charge is -2.18. The normalized spacial score (nSPS) is 17.7. The highest BCUT2D eigenvalue weighted by atomic mass is 35.5. The van der Waals surface area contributed by atoms with Gasteiger partial charge in [-0.15, -0.1) is 13.9 Å². The molecule has 1 amide bonds. The van der Waals surface area contributed by atoms with Gasteiger partial charge in [0.25, 0.3) is 5.91 Å². The number of aliphatic hydroxyl groups is 1. The smallest absolute Gasteiger partial charge is 0.420 e.